The summed E-state index contributed by atoms with van der Waals surface area (Å²) in [4.78, 5) is 30.0. The summed E-state index contributed by atoms with van der Waals surface area (Å²) in [5.41, 5.74) is 1.58. The number of fused-ring (bicyclic) bond motifs is 3. The molecule has 1 unspecified atom stereocenters. The highest BCUT2D eigenvalue weighted by molar-refractivity contribution is 6.09. The van der Waals surface area contributed by atoms with Gasteiger partial charge in [-0.2, -0.15) is 0 Å². The molecule has 0 bridgehead atoms. The van der Waals surface area contributed by atoms with Crippen LogP contribution in [0.3, 0.4) is 0 Å². The average molecular weight is 311 g/mol. The molecule has 4 heterocycles. The van der Waals surface area contributed by atoms with Crippen LogP contribution in [0.1, 0.15) is 18.7 Å². The maximum absolute atomic E-state index is 11.4. The number of carboxylic acid groups (broad SMARTS) is 1. The standard InChI is InChI=1S/C16H17N5O2/c1-9-19-12-7-18-14-11(4-5-17-14)13(12)15(20-9)21-6-2-3-10(8-21)16(22)23/h4-5,7,10H,2-3,6,8H2,1H3,(H,19,20)(H,22,23). The van der Waals surface area contributed by atoms with Gasteiger partial charge in [0.1, 0.15) is 11.6 Å². The molecular weight excluding hydrogens is 294 g/mol. The van der Waals surface area contributed by atoms with Crippen molar-refractivity contribution in [1.82, 2.24) is 19.9 Å². The SMILES string of the molecule is Cc1nc(N2CCCC(C(=O)O)C2)c2c(cnc3nccc32)[nH]1. The van der Waals surface area contributed by atoms with Gasteiger partial charge in [-0.3, -0.25) is 4.79 Å². The minimum atomic E-state index is -0.736. The number of hydrogen-bond acceptors (Lipinski definition) is 5. The number of aromatic amines is 1. The zero-order valence-electron chi connectivity index (χ0n) is 12.8. The van der Waals surface area contributed by atoms with Gasteiger partial charge in [0.2, 0.25) is 0 Å². The first-order valence-corrected chi connectivity index (χ1v) is 7.71. The quantitative estimate of drug-likeness (QED) is 0.752. The van der Waals surface area contributed by atoms with Crippen molar-refractivity contribution in [2.24, 2.45) is 5.92 Å². The Kier molecular flexibility index (Phi) is 3.14. The largest absolute Gasteiger partial charge is 0.481 e. The molecule has 0 radical (unpaired) electrons. The van der Waals surface area contributed by atoms with Crippen molar-refractivity contribution in [1.29, 1.82) is 0 Å². The topological polar surface area (TPSA) is 95.0 Å². The highest BCUT2D eigenvalue weighted by Crippen LogP contribution is 2.32. The van der Waals surface area contributed by atoms with E-state index in [-0.39, 0.29) is 5.92 Å². The summed E-state index contributed by atoms with van der Waals surface area (Å²) in [6, 6.07) is 1.93. The number of rotatable bonds is 2. The molecule has 4 rings (SSSR count). The van der Waals surface area contributed by atoms with E-state index < -0.39 is 5.97 Å². The monoisotopic (exact) mass is 311 g/mol. The van der Waals surface area contributed by atoms with Crippen LogP contribution in [0, 0.1) is 12.8 Å². The molecular formula is C16H17N5O2. The van der Waals surface area contributed by atoms with Gasteiger partial charge < -0.3 is 15.0 Å². The molecule has 118 valence electrons. The fraction of sp³-hybridized carbons (Fsp3) is 0.375. The summed E-state index contributed by atoms with van der Waals surface area (Å²) in [6.45, 7) is 3.20. The third-order valence-electron chi connectivity index (χ3n) is 4.42. The second-order valence-electron chi connectivity index (χ2n) is 6.00. The van der Waals surface area contributed by atoms with E-state index in [9.17, 15) is 9.90 Å². The van der Waals surface area contributed by atoms with Gasteiger partial charge in [0.15, 0.2) is 5.65 Å². The lowest BCUT2D eigenvalue weighted by Gasteiger charge is -2.32. The third-order valence-corrected chi connectivity index (χ3v) is 4.42. The van der Waals surface area contributed by atoms with E-state index in [2.05, 4.69) is 24.8 Å². The Morgan fingerprint density at radius 3 is 3.13 bits per heavy atom. The van der Waals surface area contributed by atoms with Crippen molar-refractivity contribution in [3.63, 3.8) is 0 Å². The van der Waals surface area contributed by atoms with Gasteiger partial charge in [-0.05, 0) is 25.8 Å². The molecule has 1 atom stereocenters. The van der Waals surface area contributed by atoms with Crippen LogP contribution >= 0.6 is 0 Å². The fourth-order valence-electron chi connectivity index (χ4n) is 3.33. The van der Waals surface area contributed by atoms with Gasteiger partial charge in [-0.1, -0.05) is 0 Å². The number of aliphatic carboxylic acids is 1. The van der Waals surface area contributed by atoms with Crippen LogP contribution in [-0.2, 0) is 4.79 Å². The molecule has 1 saturated heterocycles. The molecule has 2 N–H and O–H groups in total. The van der Waals surface area contributed by atoms with Crippen molar-refractivity contribution in [2.45, 2.75) is 19.8 Å². The van der Waals surface area contributed by atoms with Crippen molar-refractivity contribution in [2.75, 3.05) is 18.0 Å². The van der Waals surface area contributed by atoms with E-state index in [1.54, 1.807) is 12.4 Å². The third kappa shape index (κ3) is 2.28. The lowest BCUT2D eigenvalue weighted by molar-refractivity contribution is -0.141. The van der Waals surface area contributed by atoms with Crippen LogP contribution in [0.25, 0.3) is 21.9 Å². The molecule has 3 aromatic rings. The number of piperidine rings is 1. The Hall–Kier alpha value is -2.70. The van der Waals surface area contributed by atoms with Crippen LogP contribution in [0.4, 0.5) is 5.82 Å². The maximum atomic E-state index is 11.4. The molecule has 0 aromatic carbocycles. The van der Waals surface area contributed by atoms with Gasteiger partial charge in [0, 0.05) is 24.7 Å². The lowest BCUT2D eigenvalue weighted by atomic mass is 9.98. The number of hydrogen-bond donors (Lipinski definition) is 2. The highest BCUT2D eigenvalue weighted by atomic mass is 16.4. The van der Waals surface area contributed by atoms with Crippen molar-refractivity contribution in [3.05, 3.63) is 24.3 Å². The van der Waals surface area contributed by atoms with Crippen LogP contribution < -0.4 is 4.90 Å². The van der Waals surface area contributed by atoms with Crippen LogP contribution in [0.5, 0.6) is 0 Å². The van der Waals surface area contributed by atoms with E-state index >= 15 is 0 Å². The molecule has 1 aliphatic heterocycles. The second kappa shape index (κ2) is 5.19. The molecule has 0 saturated carbocycles. The summed E-state index contributed by atoms with van der Waals surface area (Å²) >= 11 is 0. The summed E-state index contributed by atoms with van der Waals surface area (Å²) in [7, 11) is 0. The molecule has 7 nitrogen and oxygen atoms in total. The Morgan fingerprint density at radius 1 is 1.43 bits per heavy atom. The second-order valence-corrected chi connectivity index (χ2v) is 6.00. The normalized spacial score (nSPS) is 18.7. The minimum Gasteiger partial charge on any atom is -0.481 e. The summed E-state index contributed by atoms with van der Waals surface area (Å²) in [6.07, 6.45) is 5.07. The summed E-state index contributed by atoms with van der Waals surface area (Å²) < 4.78 is 0. The van der Waals surface area contributed by atoms with Crippen molar-refractivity contribution < 1.29 is 9.90 Å². The van der Waals surface area contributed by atoms with Gasteiger partial charge in [0.25, 0.3) is 0 Å². The molecule has 3 aromatic heterocycles. The molecule has 23 heavy (non-hydrogen) atoms. The smallest absolute Gasteiger partial charge is 0.308 e. The average Bonchev–Trinajstić information content (AvgIpc) is 3.02. The number of pyridine rings is 1. The first-order valence-electron chi connectivity index (χ1n) is 7.71. The fourth-order valence-corrected chi connectivity index (χ4v) is 3.33. The van der Waals surface area contributed by atoms with E-state index in [0.29, 0.717) is 12.2 Å². The number of carbonyl (C=O) groups is 1. The molecule has 1 fully saturated rings. The number of nitrogens with one attached hydrogen (secondary N) is 1. The first kappa shape index (κ1) is 13.9. The van der Waals surface area contributed by atoms with Gasteiger partial charge in [0.05, 0.1) is 23.0 Å². The van der Waals surface area contributed by atoms with Crippen molar-refractivity contribution >= 4 is 33.7 Å². The Labute approximate surface area is 132 Å². The molecule has 1 aliphatic rings. The Morgan fingerprint density at radius 2 is 2.30 bits per heavy atom. The zero-order valence-corrected chi connectivity index (χ0v) is 12.8. The number of H-pyrrole nitrogens is 1. The summed E-state index contributed by atoms with van der Waals surface area (Å²) in [5, 5.41) is 11.2. The van der Waals surface area contributed by atoms with E-state index in [4.69, 9.17) is 0 Å². The van der Waals surface area contributed by atoms with E-state index in [0.717, 1.165) is 47.3 Å². The maximum Gasteiger partial charge on any atom is 0.308 e. The summed E-state index contributed by atoms with van der Waals surface area (Å²) in [5.74, 6) is 0.522. The zero-order chi connectivity index (χ0) is 16.0. The number of anilines is 1. The number of aryl methyl sites for hydroxylation is 1. The first-order chi connectivity index (χ1) is 11.1. The Balaban J connectivity index is 1.91. The molecule has 0 aliphatic carbocycles. The van der Waals surface area contributed by atoms with E-state index in [1.165, 1.54) is 0 Å². The lowest BCUT2D eigenvalue weighted by Crippen LogP contribution is -2.39. The molecule has 7 heteroatoms. The molecule has 0 spiro atoms. The number of carboxylic acids is 1. The number of nitrogens with zero attached hydrogens (tertiary/aromatic N) is 4. The van der Waals surface area contributed by atoms with Crippen LogP contribution in [0.15, 0.2) is 18.5 Å². The van der Waals surface area contributed by atoms with Gasteiger partial charge in [-0.15, -0.1) is 0 Å². The van der Waals surface area contributed by atoms with Crippen LogP contribution in [0.2, 0.25) is 0 Å². The highest BCUT2D eigenvalue weighted by Gasteiger charge is 2.27. The van der Waals surface area contributed by atoms with E-state index in [1.807, 2.05) is 13.0 Å². The van der Waals surface area contributed by atoms with Crippen LogP contribution in [-0.4, -0.2) is 44.1 Å². The van der Waals surface area contributed by atoms with Gasteiger partial charge >= 0.3 is 5.97 Å². The molecule has 0 amide bonds. The van der Waals surface area contributed by atoms with Gasteiger partial charge in [-0.25, -0.2) is 15.0 Å². The van der Waals surface area contributed by atoms with Crippen molar-refractivity contribution in [3.8, 4) is 0 Å². The predicted octanol–water partition coefficient (Wildman–Crippen LogP) is 2.12. The predicted molar refractivity (Wildman–Crippen MR) is 86.5 cm³/mol. The minimum absolute atomic E-state index is 0.347. The number of aromatic nitrogens is 4. The Bertz CT molecular complexity index is 904.